The zero-order chi connectivity index (χ0) is 11.5. The molecule has 2 rings (SSSR count). The molecule has 86 valence electrons. The van der Waals surface area contributed by atoms with Crippen molar-refractivity contribution in [3.05, 3.63) is 16.9 Å². The van der Waals surface area contributed by atoms with Gasteiger partial charge in [-0.05, 0) is 31.7 Å². The van der Waals surface area contributed by atoms with Crippen LogP contribution >= 0.6 is 11.6 Å². The predicted octanol–water partition coefficient (Wildman–Crippen LogP) is 2.57. The van der Waals surface area contributed by atoms with Crippen molar-refractivity contribution in [2.24, 2.45) is 5.92 Å². The van der Waals surface area contributed by atoms with E-state index in [1.807, 2.05) is 6.92 Å². The molecule has 0 unspecified atom stereocenters. The minimum absolute atomic E-state index is 0.0219. The van der Waals surface area contributed by atoms with Crippen LogP contribution in [0.15, 0.2) is 6.07 Å². The molecule has 16 heavy (non-hydrogen) atoms. The van der Waals surface area contributed by atoms with E-state index < -0.39 is 0 Å². The molecule has 1 saturated carbocycles. The van der Waals surface area contributed by atoms with Crippen LogP contribution in [0, 0.1) is 12.8 Å². The summed E-state index contributed by atoms with van der Waals surface area (Å²) in [5.74, 6) is 0.820. The van der Waals surface area contributed by atoms with E-state index in [1.165, 1.54) is 6.42 Å². The molecule has 0 aromatic carbocycles. The van der Waals surface area contributed by atoms with Crippen LogP contribution in [0.3, 0.4) is 0 Å². The van der Waals surface area contributed by atoms with Crippen LogP contribution in [0.5, 0.6) is 0 Å². The summed E-state index contributed by atoms with van der Waals surface area (Å²) < 4.78 is 0. The fourth-order valence-electron chi connectivity index (χ4n) is 1.72. The van der Waals surface area contributed by atoms with Crippen molar-refractivity contribution in [2.45, 2.75) is 32.6 Å². The molecule has 5 heteroatoms. The Morgan fingerprint density at radius 2 is 2.31 bits per heavy atom. The van der Waals surface area contributed by atoms with Crippen molar-refractivity contribution in [2.75, 3.05) is 5.32 Å². The lowest BCUT2D eigenvalue weighted by Gasteiger charge is -2.24. The maximum atomic E-state index is 11.6. The highest BCUT2D eigenvalue weighted by Crippen LogP contribution is 2.29. The molecule has 0 saturated heterocycles. The number of carbonyl (C=O) groups excluding carboxylic acids is 1. The van der Waals surface area contributed by atoms with Gasteiger partial charge in [0, 0.05) is 12.1 Å². The molecule has 1 amide bonds. The maximum Gasteiger partial charge on any atom is 0.231 e. The number of aryl methyl sites for hydroxylation is 1. The zero-order valence-electron chi connectivity index (χ0n) is 9.16. The summed E-state index contributed by atoms with van der Waals surface area (Å²) in [6.07, 6.45) is 4.12. The van der Waals surface area contributed by atoms with Crippen LogP contribution in [0.2, 0.25) is 5.15 Å². The minimum Gasteiger partial charge on any atom is -0.294 e. The second-order valence-electron chi connectivity index (χ2n) is 4.20. The van der Waals surface area contributed by atoms with E-state index in [4.69, 9.17) is 11.6 Å². The summed E-state index contributed by atoms with van der Waals surface area (Å²) >= 11 is 5.78. The van der Waals surface area contributed by atoms with Gasteiger partial charge in [0.15, 0.2) is 0 Å². The quantitative estimate of drug-likeness (QED) is 0.825. The van der Waals surface area contributed by atoms with E-state index in [9.17, 15) is 4.79 Å². The average Bonchev–Trinajstić information content (AvgIpc) is 2.09. The highest BCUT2D eigenvalue weighted by Gasteiger charge is 2.21. The number of rotatable bonds is 3. The van der Waals surface area contributed by atoms with Gasteiger partial charge in [0.05, 0.1) is 0 Å². The Labute approximate surface area is 99.4 Å². The molecule has 0 atom stereocenters. The van der Waals surface area contributed by atoms with Gasteiger partial charge < -0.3 is 0 Å². The number of hydrogen-bond acceptors (Lipinski definition) is 3. The highest BCUT2D eigenvalue weighted by atomic mass is 35.5. The third kappa shape index (κ3) is 2.92. The van der Waals surface area contributed by atoms with Gasteiger partial charge in [-0.1, -0.05) is 18.0 Å². The third-order valence-electron chi connectivity index (χ3n) is 2.77. The Morgan fingerprint density at radius 3 is 2.88 bits per heavy atom. The van der Waals surface area contributed by atoms with Crippen LogP contribution in [-0.4, -0.2) is 15.9 Å². The zero-order valence-corrected chi connectivity index (χ0v) is 9.92. The van der Waals surface area contributed by atoms with E-state index >= 15 is 0 Å². The Morgan fingerprint density at radius 1 is 1.56 bits per heavy atom. The molecular formula is C11H14ClN3O. The van der Waals surface area contributed by atoms with Crippen molar-refractivity contribution >= 4 is 23.5 Å². The molecule has 1 heterocycles. The smallest absolute Gasteiger partial charge is 0.231 e. The first-order valence-corrected chi connectivity index (χ1v) is 5.82. The topological polar surface area (TPSA) is 54.9 Å². The number of nitrogens with zero attached hydrogens (tertiary/aromatic N) is 2. The Kier molecular flexibility index (Phi) is 3.39. The summed E-state index contributed by atoms with van der Waals surface area (Å²) in [4.78, 5) is 19.6. The molecule has 0 aliphatic heterocycles. The number of aromatic nitrogens is 2. The van der Waals surface area contributed by atoms with Crippen LogP contribution in [0.1, 0.15) is 31.4 Å². The first kappa shape index (κ1) is 11.3. The van der Waals surface area contributed by atoms with Crippen LogP contribution in [-0.2, 0) is 4.79 Å². The molecule has 1 aromatic rings. The molecule has 4 nitrogen and oxygen atoms in total. The van der Waals surface area contributed by atoms with Gasteiger partial charge in [0.1, 0.15) is 5.15 Å². The molecule has 1 aliphatic carbocycles. The van der Waals surface area contributed by atoms with Gasteiger partial charge >= 0.3 is 0 Å². The number of carbonyl (C=O) groups is 1. The fraction of sp³-hybridized carbons (Fsp3) is 0.545. The molecule has 1 aromatic heterocycles. The van der Waals surface area contributed by atoms with Gasteiger partial charge in [-0.2, -0.15) is 0 Å². The summed E-state index contributed by atoms with van der Waals surface area (Å²) in [5, 5.41) is 3.03. The number of nitrogens with one attached hydrogen (secondary N) is 1. The minimum atomic E-state index is -0.0219. The van der Waals surface area contributed by atoms with Crippen molar-refractivity contribution in [1.82, 2.24) is 9.97 Å². The number of anilines is 1. The van der Waals surface area contributed by atoms with Crippen molar-refractivity contribution in [3.8, 4) is 0 Å². The van der Waals surface area contributed by atoms with E-state index in [1.54, 1.807) is 6.07 Å². The summed E-state index contributed by atoms with van der Waals surface area (Å²) in [7, 11) is 0. The van der Waals surface area contributed by atoms with E-state index in [0.717, 1.165) is 18.5 Å². The average molecular weight is 240 g/mol. The molecule has 1 aliphatic rings. The van der Waals surface area contributed by atoms with E-state index in [2.05, 4.69) is 15.3 Å². The monoisotopic (exact) mass is 239 g/mol. The van der Waals surface area contributed by atoms with Crippen LogP contribution < -0.4 is 5.32 Å². The SMILES string of the molecule is Cc1cc(Cl)nc(NC(=O)CC2CCC2)n1. The van der Waals surface area contributed by atoms with Gasteiger partial charge in [-0.3, -0.25) is 10.1 Å². The summed E-state index contributed by atoms with van der Waals surface area (Å²) in [6, 6.07) is 1.66. The number of hydrogen-bond donors (Lipinski definition) is 1. The lowest BCUT2D eigenvalue weighted by molar-refractivity contribution is -0.117. The third-order valence-corrected chi connectivity index (χ3v) is 2.97. The van der Waals surface area contributed by atoms with Crippen molar-refractivity contribution in [3.63, 3.8) is 0 Å². The lowest BCUT2D eigenvalue weighted by atomic mass is 9.83. The van der Waals surface area contributed by atoms with Crippen LogP contribution in [0.4, 0.5) is 5.95 Å². The number of halogens is 1. The first-order valence-electron chi connectivity index (χ1n) is 5.44. The Hall–Kier alpha value is -1.16. The van der Waals surface area contributed by atoms with Gasteiger partial charge in [-0.25, -0.2) is 9.97 Å². The van der Waals surface area contributed by atoms with E-state index in [-0.39, 0.29) is 5.91 Å². The lowest BCUT2D eigenvalue weighted by Crippen LogP contribution is -2.21. The molecular weight excluding hydrogens is 226 g/mol. The second-order valence-corrected chi connectivity index (χ2v) is 4.59. The molecule has 1 fully saturated rings. The van der Waals surface area contributed by atoms with Crippen LogP contribution in [0.25, 0.3) is 0 Å². The maximum absolute atomic E-state index is 11.6. The predicted molar refractivity (Wildman–Crippen MR) is 62.4 cm³/mol. The Balaban J connectivity index is 1.94. The molecule has 0 bridgehead atoms. The normalized spacial score (nSPS) is 15.6. The molecule has 0 spiro atoms. The standard InChI is InChI=1S/C11H14ClN3O/c1-7-5-9(12)14-11(13-7)15-10(16)6-8-3-2-4-8/h5,8H,2-4,6H2,1H3,(H,13,14,15,16). The van der Waals surface area contributed by atoms with Gasteiger partial charge in [0.25, 0.3) is 0 Å². The van der Waals surface area contributed by atoms with Crippen molar-refractivity contribution < 1.29 is 4.79 Å². The highest BCUT2D eigenvalue weighted by molar-refractivity contribution is 6.29. The van der Waals surface area contributed by atoms with Gasteiger partial charge in [0.2, 0.25) is 11.9 Å². The van der Waals surface area contributed by atoms with Gasteiger partial charge in [-0.15, -0.1) is 0 Å². The molecule has 1 N–H and O–H groups in total. The van der Waals surface area contributed by atoms with Crippen molar-refractivity contribution in [1.29, 1.82) is 0 Å². The second kappa shape index (κ2) is 4.78. The Bertz CT molecular complexity index is 384. The van der Waals surface area contributed by atoms with E-state index in [0.29, 0.717) is 23.4 Å². The largest absolute Gasteiger partial charge is 0.294 e. The number of amides is 1. The fourth-order valence-corrected chi connectivity index (χ4v) is 1.96. The summed E-state index contributed by atoms with van der Waals surface area (Å²) in [6.45, 7) is 1.81. The molecule has 0 radical (unpaired) electrons. The summed E-state index contributed by atoms with van der Waals surface area (Å²) in [5.41, 5.74) is 0.749. The first-order chi connectivity index (χ1) is 7.63.